The van der Waals surface area contributed by atoms with Crippen molar-refractivity contribution in [3.05, 3.63) is 23.3 Å². The molecule has 0 atom stereocenters. The molecule has 3 heteroatoms. The summed E-state index contributed by atoms with van der Waals surface area (Å²) in [7, 11) is 0. The molecular weight excluding hydrogens is 234 g/mol. The fraction of sp³-hybridized carbons (Fsp3) is 0.750. The van der Waals surface area contributed by atoms with Gasteiger partial charge in [0.15, 0.2) is 0 Å². The Hall–Kier alpha value is -0.960. The van der Waals surface area contributed by atoms with E-state index in [1.807, 2.05) is 0 Å². The van der Waals surface area contributed by atoms with Gasteiger partial charge >= 0.3 is 0 Å². The van der Waals surface area contributed by atoms with Crippen molar-refractivity contribution < 1.29 is 0 Å². The Bertz CT molecular complexity index is 420. The topological polar surface area (TPSA) is 51.8 Å². The van der Waals surface area contributed by atoms with Gasteiger partial charge in [-0.2, -0.15) is 0 Å². The zero-order valence-electron chi connectivity index (χ0n) is 12.6. The molecule has 0 saturated heterocycles. The molecule has 106 valence electrons. The molecule has 19 heavy (non-hydrogen) atoms. The Labute approximate surface area is 117 Å². The van der Waals surface area contributed by atoms with Crippen LogP contribution >= 0.6 is 0 Å². The second kappa shape index (κ2) is 6.00. The monoisotopic (exact) mass is 261 g/mol. The summed E-state index contributed by atoms with van der Waals surface area (Å²) in [5.74, 6) is 1.62. The number of aromatic nitrogens is 2. The molecule has 1 aliphatic carbocycles. The van der Waals surface area contributed by atoms with Gasteiger partial charge in [0.1, 0.15) is 5.82 Å². The van der Waals surface area contributed by atoms with Crippen LogP contribution in [-0.2, 0) is 6.42 Å². The molecule has 0 aliphatic heterocycles. The summed E-state index contributed by atoms with van der Waals surface area (Å²) < 4.78 is 0. The van der Waals surface area contributed by atoms with Crippen molar-refractivity contribution in [2.24, 2.45) is 11.1 Å². The van der Waals surface area contributed by atoms with Crippen LogP contribution in [0.3, 0.4) is 0 Å². The summed E-state index contributed by atoms with van der Waals surface area (Å²) in [4.78, 5) is 9.42. The Morgan fingerprint density at radius 3 is 2.53 bits per heavy atom. The zero-order chi connectivity index (χ0) is 13.9. The van der Waals surface area contributed by atoms with Gasteiger partial charge in [0.05, 0.1) is 0 Å². The highest BCUT2D eigenvalue weighted by molar-refractivity contribution is 5.15. The number of aryl methyl sites for hydroxylation is 1. The van der Waals surface area contributed by atoms with Gasteiger partial charge in [-0.3, -0.25) is 0 Å². The highest BCUT2D eigenvalue weighted by atomic mass is 14.9. The van der Waals surface area contributed by atoms with Crippen molar-refractivity contribution in [3.8, 4) is 0 Å². The first kappa shape index (κ1) is 14.4. The normalized spacial score (nSPS) is 17.7. The van der Waals surface area contributed by atoms with E-state index in [0.717, 1.165) is 17.9 Å². The van der Waals surface area contributed by atoms with E-state index in [1.165, 1.54) is 37.8 Å². The van der Waals surface area contributed by atoms with Gasteiger partial charge in [-0.1, -0.05) is 33.1 Å². The summed E-state index contributed by atoms with van der Waals surface area (Å²) in [5.41, 5.74) is 8.25. The highest BCUT2D eigenvalue weighted by Gasteiger charge is 2.21. The van der Waals surface area contributed by atoms with Gasteiger partial charge < -0.3 is 5.73 Å². The summed E-state index contributed by atoms with van der Waals surface area (Å²) in [6.45, 7) is 7.11. The van der Waals surface area contributed by atoms with Crippen LogP contribution in [0.25, 0.3) is 0 Å². The third-order valence-electron chi connectivity index (χ3n) is 4.13. The fourth-order valence-corrected chi connectivity index (χ4v) is 2.84. The molecular formula is C16H27N3. The number of nitrogens with two attached hydrogens (primary N) is 1. The zero-order valence-corrected chi connectivity index (χ0v) is 12.6. The minimum absolute atomic E-state index is 0.0810. The summed E-state index contributed by atoms with van der Waals surface area (Å²) in [6, 6.07) is 2.18. The molecule has 2 rings (SSSR count). The average molecular weight is 261 g/mol. The maximum Gasteiger partial charge on any atom is 0.129 e. The van der Waals surface area contributed by atoms with Crippen molar-refractivity contribution in [1.82, 2.24) is 9.97 Å². The van der Waals surface area contributed by atoms with Crippen LogP contribution in [0.4, 0.5) is 0 Å². The van der Waals surface area contributed by atoms with Gasteiger partial charge in [-0.15, -0.1) is 0 Å². The van der Waals surface area contributed by atoms with Crippen LogP contribution in [0.1, 0.15) is 69.1 Å². The lowest BCUT2D eigenvalue weighted by atomic mass is 9.86. The lowest BCUT2D eigenvalue weighted by Crippen LogP contribution is -2.27. The number of hydrogen-bond acceptors (Lipinski definition) is 3. The Kier molecular flexibility index (Phi) is 4.56. The molecule has 0 spiro atoms. The van der Waals surface area contributed by atoms with E-state index in [2.05, 4.69) is 31.8 Å². The molecule has 1 aliphatic rings. The van der Waals surface area contributed by atoms with Gasteiger partial charge in [0.25, 0.3) is 0 Å². The summed E-state index contributed by atoms with van der Waals surface area (Å²) in [5, 5.41) is 0. The number of hydrogen-bond donors (Lipinski definition) is 1. The van der Waals surface area contributed by atoms with E-state index in [-0.39, 0.29) is 5.41 Å². The molecule has 0 amide bonds. The molecule has 0 bridgehead atoms. The largest absolute Gasteiger partial charge is 0.330 e. The first-order valence-corrected chi connectivity index (χ1v) is 7.55. The van der Waals surface area contributed by atoms with Crippen LogP contribution in [0.2, 0.25) is 0 Å². The first-order chi connectivity index (χ1) is 9.00. The molecule has 0 unspecified atom stereocenters. The third-order valence-corrected chi connectivity index (χ3v) is 4.13. The molecule has 1 heterocycles. The quantitative estimate of drug-likeness (QED) is 0.904. The Morgan fingerprint density at radius 1 is 1.21 bits per heavy atom. The second-order valence-electron chi connectivity index (χ2n) is 6.73. The molecule has 1 fully saturated rings. The number of nitrogens with zero attached hydrogens (tertiary/aromatic N) is 2. The van der Waals surface area contributed by atoms with Crippen molar-refractivity contribution in [2.75, 3.05) is 6.54 Å². The van der Waals surface area contributed by atoms with Crippen molar-refractivity contribution in [1.29, 1.82) is 0 Å². The third kappa shape index (κ3) is 4.00. The smallest absolute Gasteiger partial charge is 0.129 e. The second-order valence-corrected chi connectivity index (χ2v) is 6.73. The van der Waals surface area contributed by atoms with Gasteiger partial charge in [0, 0.05) is 23.7 Å². The predicted octanol–water partition coefficient (Wildman–Crippen LogP) is 3.36. The molecule has 3 nitrogen and oxygen atoms in total. The molecule has 1 saturated carbocycles. The van der Waals surface area contributed by atoms with E-state index in [4.69, 9.17) is 10.7 Å². The van der Waals surface area contributed by atoms with E-state index in [9.17, 15) is 0 Å². The van der Waals surface area contributed by atoms with Gasteiger partial charge in [-0.25, -0.2) is 9.97 Å². The first-order valence-electron chi connectivity index (χ1n) is 7.55. The molecule has 1 aromatic rings. The predicted molar refractivity (Wildman–Crippen MR) is 79.1 cm³/mol. The van der Waals surface area contributed by atoms with E-state index >= 15 is 0 Å². The van der Waals surface area contributed by atoms with Crippen molar-refractivity contribution in [2.45, 2.75) is 65.2 Å². The van der Waals surface area contributed by atoms with Crippen LogP contribution in [0.15, 0.2) is 6.07 Å². The molecule has 1 aromatic heterocycles. The minimum atomic E-state index is 0.0810. The highest BCUT2D eigenvalue weighted by Crippen LogP contribution is 2.32. The maximum absolute atomic E-state index is 5.82. The van der Waals surface area contributed by atoms with Crippen LogP contribution in [0, 0.1) is 12.3 Å². The fourth-order valence-electron chi connectivity index (χ4n) is 2.84. The van der Waals surface area contributed by atoms with Crippen LogP contribution in [-0.4, -0.2) is 16.5 Å². The van der Waals surface area contributed by atoms with E-state index in [0.29, 0.717) is 12.5 Å². The Balaban J connectivity index is 2.19. The molecule has 2 N–H and O–H groups in total. The summed E-state index contributed by atoms with van der Waals surface area (Å²) in [6.07, 6.45) is 7.51. The van der Waals surface area contributed by atoms with Crippen molar-refractivity contribution in [3.63, 3.8) is 0 Å². The minimum Gasteiger partial charge on any atom is -0.330 e. The number of rotatable bonds is 4. The lowest BCUT2D eigenvalue weighted by molar-refractivity contribution is 0.365. The lowest BCUT2D eigenvalue weighted by Gasteiger charge is -2.24. The summed E-state index contributed by atoms with van der Waals surface area (Å²) >= 11 is 0. The maximum atomic E-state index is 5.82. The molecule has 0 aromatic carbocycles. The van der Waals surface area contributed by atoms with Crippen molar-refractivity contribution >= 4 is 0 Å². The SMILES string of the molecule is Cc1cc(C2CCCCC2)nc(CC(C)(C)CN)n1. The van der Waals surface area contributed by atoms with E-state index < -0.39 is 0 Å². The van der Waals surface area contributed by atoms with Crippen LogP contribution < -0.4 is 5.73 Å². The standard InChI is InChI=1S/C16H27N3/c1-12-9-14(13-7-5-4-6-8-13)19-15(18-12)10-16(2,3)11-17/h9,13H,4-8,10-11,17H2,1-3H3. The van der Waals surface area contributed by atoms with Gasteiger partial charge in [0.2, 0.25) is 0 Å². The van der Waals surface area contributed by atoms with Crippen LogP contribution in [0.5, 0.6) is 0 Å². The van der Waals surface area contributed by atoms with Gasteiger partial charge in [-0.05, 0) is 37.8 Å². The average Bonchev–Trinajstić information content (AvgIpc) is 2.38. The Morgan fingerprint density at radius 2 is 1.89 bits per heavy atom. The molecule has 0 radical (unpaired) electrons. The van der Waals surface area contributed by atoms with E-state index in [1.54, 1.807) is 0 Å².